The van der Waals surface area contributed by atoms with Crippen molar-refractivity contribution in [3.05, 3.63) is 59.3 Å². The molecule has 0 fully saturated rings. The van der Waals surface area contributed by atoms with Crippen molar-refractivity contribution in [1.82, 2.24) is 0 Å². The highest BCUT2D eigenvalue weighted by molar-refractivity contribution is 8.02. The zero-order valence-corrected chi connectivity index (χ0v) is 12.0. The van der Waals surface area contributed by atoms with Gasteiger partial charge in [0.25, 0.3) is 0 Å². The second-order valence-corrected chi connectivity index (χ2v) is 5.31. The molecule has 2 aromatic carbocycles. The molecule has 0 N–H and O–H groups in total. The lowest BCUT2D eigenvalue weighted by Gasteiger charge is -2.26. The molecule has 1 heterocycles. The van der Waals surface area contributed by atoms with Gasteiger partial charge in [-0.05, 0) is 42.5 Å². The molecule has 1 aliphatic rings. The summed E-state index contributed by atoms with van der Waals surface area (Å²) in [6.45, 7) is 0. The minimum Gasteiger partial charge on any atom is -0.497 e. The van der Waals surface area contributed by atoms with Crippen molar-refractivity contribution in [3.63, 3.8) is 0 Å². The van der Waals surface area contributed by atoms with Crippen molar-refractivity contribution in [2.24, 2.45) is 0 Å². The summed E-state index contributed by atoms with van der Waals surface area (Å²) in [5, 5.41) is 11.4. The SMILES string of the molecule is COc1ccc2c(c1)SC=C(c1ccc(F)cc1)N2C#N. The quantitative estimate of drug-likeness (QED) is 0.778. The third-order valence-corrected chi connectivity index (χ3v) is 4.11. The molecule has 0 radical (unpaired) electrons. The second-order valence-electron chi connectivity index (χ2n) is 4.40. The van der Waals surface area contributed by atoms with Gasteiger partial charge in [-0.3, -0.25) is 0 Å². The molecular formula is C16H11FN2OS. The molecule has 21 heavy (non-hydrogen) atoms. The van der Waals surface area contributed by atoms with Crippen LogP contribution in [0.2, 0.25) is 0 Å². The first-order chi connectivity index (χ1) is 10.2. The Morgan fingerprint density at radius 3 is 2.62 bits per heavy atom. The maximum atomic E-state index is 13.0. The van der Waals surface area contributed by atoms with E-state index in [1.165, 1.54) is 23.9 Å². The van der Waals surface area contributed by atoms with Crippen LogP contribution in [-0.4, -0.2) is 7.11 Å². The number of nitrogens with zero attached hydrogens (tertiary/aromatic N) is 2. The third-order valence-electron chi connectivity index (χ3n) is 3.19. The van der Waals surface area contributed by atoms with Crippen LogP contribution in [0, 0.1) is 17.3 Å². The van der Waals surface area contributed by atoms with Gasteiger partial charge in [0.05, 0.1) is 18.5 Å². The Labute approximate surface area is 126 Å². The molecule has 0 unspecified atom stereocenters. The van der Waals surface area contributed by atoms with Crippen LogP contribution in [0.3, 0.4) is 0 Å². The number of rotatable bonds is 2. The number of ether oxygens (including phenoxy) is 1. The van der Waals surface area contributed by atoms with Crippen LogP contribution in [0.15, 0.2) is 52.8 Å². The Kier molecular flexibility index (Phi) is 3.55. The summed E-state index contributed by atoms with van der Waals surface area (Å²) < 4.78 is 18.2. The molecule has 0 saturated carbocycles. The van der Waals surface area contributed by atoms with Crippen molar-refractivity contribution in [3.8, 4) is 11.9 Å². The number of anilines is 1. The molecule has 1 aliphatic heterocycles. The highest BCUT2D eigenvalue weighted by Crippen LogP contribution is 2.43. The molecule has 0 aliphatic carbocycles. The molecule has 3 nitrogen and oxygen atoms in total. The average molecular weight is 298 g/mol. The fourth-order valence-corrected chi connectivity index (χ4v) is 3.07. The normalized spacial score (nSPS) is 13.2. The predicted octanol–water partition coefficient (Wildman–Crippen LogP) is 4.23. The fraction of sp³-hybridized carbons (Fsp3) is 0.0625. The molecule has 104 valence electrons. The molecule has 2 aromatic rings. The highest BCUT2D eigenvalue weighted by atomic mass is 32.2. The predicted molar refractivity (Wildman–Crippen MR) is 81.3 cm³/mol. The largest absolute Gasteiger partial charge is 0.497 e. The number of benzene rings is 2. The van der Waals surface area contributed by atoms with Crippen LogP contribution in [0.4, 0.5) is 10.1 Å². The number of methoxy groups -OCH3 is 1. The molecule has 0 amide bonds. The van der Waals surface area contributed by atoms with Gasteiger partial charge in [0, 0.05) is 15.9 Å². The van der Waals surface area contributed by atoms with Gasteiger partial charge in [0.2, 0.25) is 0 Å². The van der Waals surface area contributed by atoms with E-state index in [1.54, 1.807) is 24.1 Å². The van der Waals surface area contributed by atoms with E-state index in [0.717, 1.165) is 27.6 Å². The highest BCUT2D eigenvalue weighted by Gasteiger charge is 2.22. The summed E-state index contributed by atoms with van der Waals surface area (Å²) in [7, 11) is 1.61. The van der Waals surface area contributed by atoms with Crippen LogP contribution in [0.25, 0.3) is 5.70 Å². The Hall–Kier alpha value is -2.45. The standard InChI is InChI=1S/C16H11FN2OS/c1-20-13-6-7-14-16(8-13)21-9-15(19(14)10-18)11-2-4-12(17)5-3-11/h2-9H,1H3. The maximum Gasteiger partial charge on any atom is 0.189 e. The molecule has 5 heteroatoms. The van der Waals surface area contributed by atoms with Crippen molar-refractivity contribution in [1.29, 1.82) is 5.26 Å². The van der Waals surface area contributed by atoms with E-state index in [4.69, 9.17) is 4.74 Å². The molecule has 0 spiro atoms. The van der Waals surface area contributed by atoms with E-state index in [2.05, 4.69) is 6.19 Å². The van der Waals surface area contributed by atoms with Gasteiger partial charge in [-0.25, -0.2) is 9.29 Å². The first-order valence-corrected chi connectivity index (χ1v) is 7.11. The lowest BCUT2D eigenvalue weighted by molar-refractivity contribution is 0.414. The van der Waals surface area contributed by atoms with Gasteiger partial charge in [-0.2, -0.15) is 5.26 Å². The molecular weight excluding hydrogens is 287 g/mol. The number of halogens is 1. The zero-order chi connectivity index (χ0) is 14.8. The van der Waals surface area contributed by atoms with Crippen LogP contribution < -0.4 is 9.64 Å². The Morgan fingerprint density at radius 1 is 1.19 bits per heavy atom. The molecule has 3 rings (SSSR count). The average Bonchev–Trinajstić information content (AvgIpc) is 2.54. The van der Waals surface area contributed by atoms with Gasteiger partial charge in [-0.15, -0.1) is 0 Å². The second kappa shape index (κ2) is 5.51. The van der Waals surface area contributed by atoms with Crippen molar-refractivity contribution >= 4 is 23.1 Å². The minimum absolute atomic E-state index is 0.295. The van der Waals surface area contributed by atoms with Gasteiger partial charge >= 0.3 is 0 Å². The molecule has 0 aromatic heterocycles. The summed E-state index contributed by atoms with van der Waals surface area (Å²) in [5.41, 5.74) is 2.33. The van der Waals surface area contributed by atoms with Gasteiger partial charge < -0.3 is 4.74 Å². The van der Waals surface area contributed by atoms with Crippen LogP contribution >= 0.6 is 11.8 Å². The smallest absolute Gasteiger partial charge is 0.189 e. The van der Waals surface area contributed by atoms with E-state index >= 15 is 0 Å². The minimum atomic E-state index is -0.295. The number of thioether (sulfide) groups is 1. The number of fused-ring (bicyclic) bond motifs is 1. The summed E-state index contributed by atoms with van der Waals surface area (Å²) in [6, 6.07) is 11.7. The van der Waals surface area contributed by atoms with Crippen LogP contribution in [0.5, 0.6) is 5.75 Å². The third kappa shape index (κ3) is 2.46. The Bertz CT molecular complexity index is 750. The lowest BCUT2D eigenvalue weighted by atomic mass is 10.1. The molecule has 0 saturated heterocycles. The summed E-state index contributed by atoms with van der Waals surface area (Å²) in [5.74, 6) is 0.453. The monoisotopic (exact) mass is 298 g/mol. The summed E-state index contributed by atoms with van der Waals surface area (Å²) >= 11 is 1.52. The van der Waals surface area contributed by atoms with Gasteiger partial charge in [0.15, 0.2) is 6.19 Å². The fourth-order valence-electron chi connectivity index (χ4n) is 2.13. The van der Waals surface area contributed by atoms with Crippen molar-refractivity contribution in [2.45, 2.75) is 4.90 Å². The van der Waals surface area contributed by atoms with Gasteiger partial charge in [0.1, 0.15) is 11.6 Å². The number of hydrogen-bond acceptors (Lipinski definition) is 4. The zero-order valence-electron chi connectivity index (χ0n) is 11.2. The molecule has 0 bridgehead atoms. The first kappa shape index (κ1) is 13.5. The lowest BCUT2D eigenvalue weighted by Crippen LogP contribution is -2.17. The number of nitriles is 1. The van der Waals surface area contributed by atoms with Crippen molar-refractivity contribution < 1.29 is 9.13 Å². The van der Waals surface area contributed by atoms with Crippen LogP contribution in [0.1, 0.15) is 5.56 Å². The van der Waals surface area contributed by atoms with Crippen LogP contribution in [-0.2, 0) is 0 Å². The first-order valence-electron chi connectivity index (χ1n) is 6.23. The van der Waals surface area contributed by atoms with E-state index in [0.29, 0.717) is 0 Å². The van der Waals surface area contributed by atoms with E-state index in [-0.39, 0.29) is 5.82 Å². The number of hydrogen-bond donors (Lipinski definition) is 0. The van der Waals surface area contributed by atoms with E-state index in [9.17, 15) is 9.65 Å². The Morgan fingerprint density at radius 2 is 1.95 bits per heavy atom. The Balaban J connectivity index is 2.04. The van der Waals surface area contributed by atoms with E-state index < -0.39 is 0 Å². The summed E-state index contributed by atoms with van der Waals surface area (Å²) in [4.78, 5) is 2.49. The maximum absolute atomic E-state index is 13.0. The topological polar surface area (TPSA) is 36.3 Å². The van der Waals surface area contributed by atoms with Gasteiger partial charge in [-0.1, -0.05) is 11.8 Å². The summed E-state index contributed by atoms with van der Waals surface area (Å²) in [6.07, 6.45) is 2.18. The van der Waals surface area contributed by atoms with Crippen molar-refractivity contribution in [2.75, 3.05) is 12.0 Å². The molecule has 0 atom stereocenters. The van der Waals surface area contributed by atoms with E-state index in [1.807, 2.05) is 23.6 Å².